The first kappa shape index (κ1) is 11.5. The Labute approximate surface area is 117 Å². The van der Waals surface area contributed by atoms with Crippen LogP contribution in [0.25, 0.3) is 0 Å². The third kappa shape index (κ3) is 1.64. The lowest BCUT2D eigenvalue weighted by Crippen LogP contribution is -2.34. The number of carbonyl (C=O) groups excluding carboxylic acids is 1. The van der Waals surface area contributed by atoms with Crippen LogP contribution in [0, 0.1) is 17.8 Å². The van der Waals surface area contributed by atoms with Crippen molar-refractivity contribution >= 4 is 23.7 Å². The number of nitrogens with one attached hydrogen (secondary N) is 1. The van der Waals surface area contributed by atoms with Gasteiger partial charge in [0, 0.05) is 5.92 Å². The topological polar surface area (TPSA) is 32.1 Å². The van der Waals surface area contributed by atoms with Crippen LogP contribution in [0.5, 0.6) is 0 Å². The molecule has 1 heterocycles. The highest BCUT2D eigenvalue weighted by molar-refractivity contribution is 6.32. The summed E-state index contributed by atoms with van der Waals surface area (Å²) in [6, 6.07) is 8.08. The van der Waals surface area contributed by atoms with Crippen LogP contribution in [-0.2, 0) is 4.79 Å². The zero-order valence-corrected chi connectivity index (χ0v) is 11.3. The molecule has 1 amide bonds. The van der Waals surface area contributed by atoms with Crippen molar-refractivity contribution in [3.63, 3.8) is 0 Å². The molecule has 4 atom stereocenters. The number of hydrogen-bond donors (Lipinski definition) is 1. The van der Waals surface area contributed by atoms with Crippen molar-refractivity contribution < 1.29 is 9.48 Å². The molecule has 3 fully saturated rings. The lowest BCUT2D eigenvalue weighted by Gasteiger charge is -2.16. The van der Waals surface area contributed by atoms with Crippen molar-refractivity contribution in [2.45, 2.75) is 25.3 Å². The van der Waals surface area contributed by atoms with Crippen LogP contribution in [0.4, 0.5) is 0 Å². The molecule has 3 aliphatic rings. The van der Waals surface area contributed by atoms with Crippen molar-refractivity contribution in [3.05, 3.63) is 34.9 Å². The van der Waals surface area contributed by atoms with Crippen LogP contribution < -0.4 is 5.43 Å². The summed E-state index contributed by atoms with van der Waals surface area (Å²) in [5.74, 6) is 1.64. The van der Waals surface area contributed by atoms with Gasteiger partial charge in [0.15, 0.2) is 6.04 Å². The Morgan fingerprint density at radius 3 is 2.89 bits per heavy atom. The molecule has 4 unspecified atom stereocenters. The molecule has 0 aromatic heterocycles. The molecule has 19 heavy (non-hydrogen) atoms. The first-order valence-corrected chi connectivity index (χ1v) is 7.30. The molecule has 0 spiro atoms. The van der Waals surface area contributed by atoms with Gasteiger partial charge in [0.2, 0.25) is 6.21 Å². The summed E-state index contributed by atoms with van der Waals surface area (Å²) in [6.45, 7) is 0. The molecule has 2 bridgehead atoms. The predicted octanol–water partition coefficient (Wildman–Crippen LogP) is 2.23. The molecule has 3 nitrogen and oxygen atoms in total. The number of halogens is 1. The van der Waals surface area contributed by atoms with Gasteiger partial charge in [-0.1, -0.05) is 23.7 Å². The standard InChI is InChI=1S/C15H15ClN2O/c16-12-4-2-1-3-11(12)8-18-14-10-6-5-9(7-10)13(14)15(19)17-18/h1-4,8-10,13-14H,5-7H2/p+1/b18-8+. The van der Waals surface area contributed by atoms with E-state index in [0.29, 0.717) is 17.9 Å². The maximum atomic E-state index is 12.1. The molecule has 2 saturated carbocycles. The van der Waals surface area contributed by atoms with Crippen molar-refractivity contribution in [1.29, 1.82) is 0 Å². The fourth-order valence-electron chi connectivity index (χ4n) is 4.15. The van der Waals surface area contributed by atoms with Crippen LogP contribution in [0.3, 0.4) is 0 Å². The van der Waals surface area contributed by atoms with E-state index in [1.807, 2.05) is 35.2 Å². The number of benzene rings is 1. The van der Waals surface area contributed by atoms with Gasteiger partial charge in [-0.05, 0) is 37.3 Å². The smallest absolute Gasteiger partial charge is 0.269 e. The summed E-state index contributed by atoms with van der Waals surface area (Å²) in [5.41, 5.74) is 3.98. The number of carbonyl (C=O) groups is 1. The lowest BCUT2D eigenvalue weighted by atomic mass is 9.85. The van der Waals surface area contributed by atoms with Crippen molar-refractivity contribution in [2.24, 2.45) is 17.8 Å². The Morgan fingerprint density at radius 2 is 2.05 bits per heavy atom. The normalized spacial score (nSPS) is 37.7. The van der Waals surface area contributed by atoms with E-state index in [2.05, 4.69) is 5.43 Å². The maximum absolute atomic E-state index is 12.1. The summed E-state index contributed by atoms with van der Waals surface area (Å²) in [7, 11) is 0. The van der Waals surface area contributed by atoms with Gasteiger partial charge >= 0.3 is 0 Å². The van der Waals surface area contributed by atoms with Crippen LogP contribution >= 0.6 is 11.6 Å². The first-order chi connectivity index (χ1) is 9.24. The summed E-state index contributed by atoms with van der Waals surface area (Å²) in [5, 5.41) is 0.725. The lowest BCUT2D eigenvalue weighted by molar-refractivity contribution is -0.598. The molecule has 4 heteroatoms. The van der Waals surface area contributed by atoms with Crippen molar-refractivity contribution in [3.8, 4) is 0 Å². The highest BCUT2D eigenvalue weighted by Gasteiger charge is 2.61. The molecule has 1 N–H and O–H groups in total. The second-order valence-electron chi connectivity index (χ2n) is 5.88. The zero-order chi connectivity index (χ0) is 13.0. The van der Waals surface area contributed by atoms with E-state index < -0.39 is 0 Å². The van der Waals surface area contributed by atoms with Gasteiger partial charge in [-0.15, -0.1) is 10.1 Å². The fourth-order valence-corrected chi connectivity index (χ4v) is 4.34. The summed E-state index contributed by atoms with van der Waals surface area (Å²) < 4.78 is 2.01. The molecule has 1 aromatic rings. The SMILES string of the molecule is O=C1N/[N+](=C/c2ccccc2Cl)C2C3CCC(C3)C12. The second-order valence-corrected chi connectivity index (χ2v) is 6.29. The van der Waals surface area contributed by atoms with Gasteiger partial charge in [-0.3, -0.25) is 4.79 Å². The monoisotopic (exact) mass is 275 g/mol. The Morgan fingerprint density at radius 1 is 1.26 bits per heavy atom. The van der Waals surface area contributed by atoms with Gasteiger partial charge in [-0.25, -0.2) is 0 Å². The zero-order valence-electron chi connectivity index (χ0n) is 10.6. The molecule has 0 radical (unpaired) electrons. The van der Waals surface area contributed by atoms with Crippen molar-refractivity contribution in [2.75, 3.05) is 0 Å². The van der Waals surface area contributed by atoms with Gasteiger partial charge in [-0.2, -0.15) is 0 Å². The number of hydrazine groups is 1. The minimum absolute atomic E-state index is 0.192. The van der Waals surface area contributed by atoms with E-state index in [4.69, 9.17) is 11.6 Å². The van der Waals surface area contributed by atoms with Crippen LogP contribution in [0.15, 0.2) is 24.3 Å². The van der Waals surface area contributed by atoms with Crippen LogP contribution in [0.1, 0.15) is 24.8 Å². The Balaban J connectivity index is 1.73. The summed E-state index contributed by atoms with van der Waals surface area (Å²) in [4.78, 5) is 12.1. The van der Waals surface area contributed by atoms with E-state index in [1.54, 1.807) is 0 Å². The highest BCUT2D eigenvalue weighted by Crippen LogP contribution is 2.51. The summed E-state index contributed by atoms with van der Waals surface area (Å²) >= 11 is 6.19. The maximum Gasteiger partial charge on any atom is 0.284 e. The van der Waals surface area contributed by atoms with E-state index in [9.17, 15) is 4.79 Å². The molecule has 1 aliphatic heterocycles. The predicted molar refractivity (Wildman–Crippen MR) is 73.1 cm³/mol. The first-order valence-electron chi connectivity index (χ1n) is 6.92. The number of amides is 1. The number of hydrogen-bond acceptors (Lipinski definition) is 1. The Bertz CT molecular complexity index is 583. The number of nitrogens with zero attached hydrogens (tertiary/aromatic N) is 1. The molecule has 2 aliphatic carbocycles. The van der Waals surface area contributed by atoms with E-state index in [-0.39, 0.29) is 11.8 Å². The second kappa shape index (κ2) is 4.07. The quantitative estimate of drug-likeness (QED) is 0.783. The molecule has 4 rings (SSSR count). The summed E-state index contributed by atoms with van der Waals surface area (Å²) in [6.07, 6.45) is 5.69. The largest absolute Gasteiger partial charge is 0.284 e. The van der Waals surface area contributed by atoms with Gasteiger partial charge in [0.1, 0.15) is 5.92 Å². The van der Waals surface area contributed by atoms with E-state index in [0.717, 1.165) is 10.6 Å². The van der Waals surface area contributed by atoms with Crippen LogP contribution in [-0.4, -0.2) is 22.8 Å². The fraction of sp³-hybridized carbons (Fsp3) is 0.467. The minimum atomic E-state index is 0.192. The van der Waals surface area contributed by atoms with Gasteiger partial charge < -0.3 is 0 Å². The van der Waals surface area contributed by atoms with Gasteiger partial charge in [0.25, 0.3) is 5.91 Å². The molecular weight excluding hydrogens is 260 g/mol. The third-order valence-corrected chi connectivity index (χ3v) is 5.26. The van der Waals surface area contributed by atoms with Crippen LogP contribution in [0.2, 0.25) is 5.02 Å². The highest BCUT2D eigenvalue weighted by atomic mass is 35.5. The average molecular weight is 276 g/mol. The van der Waals surface area contributed by atoms with E-state index in [1.165, 1.54) is 19.3 Å². The number of hydrazone groups is 1. The molecular formula is C15H16ClN2O+. The minimum Gasteiger partial charge on any atom is -0.269 e. The van der Waals surface area contributed by atoms with Crippen molar-refractivity contribution in [1.82, 2.24) is 5.43 Å². The van der Waals surface area contributed by atoms with E-state index >= 15 is 0 Å². The Kier molecular flexibility index (Phi) is 2.46. The van der Waals surface area contributed by atoms with Gasteiger partial charge in [0.05, 0.1) is 10.6 Å². The third-order valence-electron chi connectivity index (χ3n) is 4.92. The molecule has 1 aromatic carbocycles. The average Bonchev–Trinajstić information content (AvgIpc) is 3.07. The molecule has 98 valence electrons. The number of fused-ring (bicyclic) bond motifs is 5. The number of rotatable bonds is 1. The Hall–Kier alpha value is -1.35. The molecule has 1 saturated heterocycles.